The minimum Gasteiger partial charge on any atom is -0.504 e. The Morgan fingerprint density at radius 2 is 1.84 bits per heavy atom. The molecule has 0 amide bonds. The number of methoxy groups -OCH3 is 2. The van der Waals surface area contributed by atoms with E-state index in [1.165, 1.54) is 11.1 Å². The molecule has 0 saturated carbocycles. The lowest BCUT2D eigenvalue weighted by Crippen LogP contribution is -2.38. The Kier molecular flexibility index (Phi) is 3.76. The molecule has 2 aromatic rings. The molecule has 1 aliphatic heterocycles. The number of likely N-dealkylation sites (N-methyl/N-ethyl adjacent to an activating group) is 1. The van der Waals surface area contributed by atoms with Gasteiger partial charge in [0.2, 0.25) is 0 Å². The van der Waals surface area contributed by atoms with Crippen molar-refractivity contribution in [2.75, 3.05) is 27.3 Å². The first kappa shape index (κ1) is 16.1. The van der Waals surface area contributed by atoms with Crippen LogP contribution in [0.3, 0.4) is 0 Å². The summed E-state index contributed by atoms with van der Waals surface area (Å²) in [7, 11) is 3.13. The van der Waals surface area contributed by atoms with Gasteiger partial charge in [-0.05, 0) is 59.8 Å². The molecule has 25 heavy (non-hydrogen) atoms. The fourth-order valence-electron chi connectivity index (χ4n) is 4.38. The summed E-state index contributed by atoms with van der Waals surface area (Å²) in [4.78, 5) is 2.45. The topological polar surface area (TPSA) is 62.2 Å². The monoisotopic (exact) mass is 341 g/mol. The van der Waals surface area contributed by atoms with Crippen LogP contribution in [0.25, 0.3) is 11.1 Å². The maximum absolute atomic E-state index is 10.5. The van der Waals surface area contributed by atoms with E-state index < -0.39 is 0 Å². The smallest absolute Gasteiger partial charge is 0.168 e. The summed E-state index contributed by atoms with van der Waals surface area (Å²) >= 11 is 0. The van der Waals surface area contributed by atoms with Gasteiger partial charge in [0.25, 0.3) is 0 Å². The molecule has 5 heteroatoms. The Morgan fingerprint density at radius 1 is 1.08 bits per heavy atom. The lowest BCUT2D eigenvalue weighted by atomic mass is 9.76. The van der Waals surface area contributed by atoms with Crippen LogP contribution in [0.5, 0.6) is 23.0 Å². The van der Waals surface area contributed by atoms with Crippen LogP contribution >= 0.6 is 0 Å². The Morgan fingerprint density at radius 3 is 2.52 bits per heavy atom. The van der Waals surface area contributed by atoms with Gasteiger partial charge < -0.3 is 19.7 Å². The van der Waals surface area contributed by atoms with E-state index in [0.717, 1.165) is 42.6 Å². The van der Waals surface area contributed by atoms with E-state index in [1.807, 2.05) is 12.1 Å². The van der Waals surface area contributed by atoms with Crippen LogP contribution in [0.2, 0.25) is 0 Å². The van der Waals surface area contributed by atoms with Crippen molar-refractivity contribution in [3.8, 4) is 34.1 Å². The summed E-state index contributed by atoms with van der Waals surface area (Å²) in [5.41, 5.74) is 5.36. The van der Waals surface area contributed by atoms with Crippen molar-refractivity contribution in [1.82, 2.24) is 4.90 Å². The number of aromatic hydroxyl groups is 2. The zero-order chi connectivity index (χ0) is 17.7. The quantitative estimate of drug-likeness (QED) is 0.897. The number of hydrogen-bond donors (Lipinski definition) is 2. The number of rotatable bonds is 3. The maximum Gasteiger partial charge on any atom is 0.168 e. The molecule has 1 heterocycles. The van der Waals surface area contributed by atoms with E-state index in [9.17, 15) is 10.2 Å². The van der Waals surface area contributed by atoms with E-state index in [0.29, 0.717) is 11.5 Å². The second kappa shape index (κ2) is 5.85. The molecule has 0 saturated heterocycles. The molecular formula is C20H23NO4. The number of nitrogens with zero attached hydrogens (tertiary/aromatic N) is 1. The Hall–Kier alpha value is -2.40. The van der Waals surface area contributed by atoms with Gasteiger partial charge in [-0.25, -0.2) is 0 Å². The van der Waals surface area contributed by atoms with E-state index >= 15 is 0 Å². The van der Waals surface area contributed by atoms with Gasteiger partial charge in [0.15, 0.2) is 23.0 Å². The predicted octanol–water partition coefficient (Wildman–Crippen LogP) is 3.26. The molecule has 0 unspecified atom stereocenters. The summed E-state index contributed by atoms with van der Waals surface area (Å²) in [5, 5.41) is 20.7. The minimum absolute atomic E-state index is 0.142. The van der Waals surface area contributed by atoms with Crippen LogP contribution in [-0.2, 0) is 12.8 Å². The predicted molar refractivity (Wildman–Crippen MR) is 95.7 cm³/mol. The van der Waals surface area contributed by atoms with Gasteiger partial charge in [-0.2, -0.15) is 0 Å². The van der Waals surface area contributed by atoms with Gasteiger partial charge in [-0.15, -0.1) is 0 Å². The zero-order valence-corrected chi connectivity index (χ0v) is 14.8. The third-order valence-corrected chi connectivity index (χ3v) is 5.53. The number of fused-ring (bicyclic) bond motifs is 2. The van der Waals surface area contributed by atoms with Crippen molar-refractivity contribution in [2.24, 2.45) is 0 Å². The molecule has 1 atom stereocenters. The van der Waals surface area contributed by atoms with Crippen LogP contribution < -0.4 is 9.47 Å². The first-order valence-corrected chi connectivity index (χ1v) is 8.66. The molecule has 0 fully saturated rings. The first-order valence-electron chi connectivity index (χ1n) is 8.66. The highest BCUT2D eigenvalue weighted by Crippen LogP contribution is 2.53. The van der Waals surface area contributed by atoms with Crippen LogP contribution in [0, 0.1) is 0 Å². The van der Waals surface area contributed by atoms with Crippen molar-refractivity contribution < 1.29 is 19.7 Å². The van der Waals surface area contributed by atoms with E-state index in [4.69, 9.17) is 9.47 Å². The second-order valence-corrected chi connectivity index (χ2v) is 6.66. The number of phenols is 2. The number of ether oxygens (including phenoxy) is 2. The standard InChI is InChI=1S/C20H23NO4/c1-4-21-6-5-11-8-16(23)20(25-3)19-13-10-17(24-2)15(22)9-12(13)7-14(21)18(11)19/h8-10,14,22-23H,4-7H2,1-3H3/t14-/m0/s1. The van der Waals surface area contributed by atoms with Crippen LogP contribution in [-0.4, -0.2) is 42.4 Å². The van der Waals surface area contributed by atoms with Gasteiger partial charge in [0.1, 0.15) is 0 Å². The van der Waals surface area contributed by atoms with Gasteiger partial charge in [0.05, 0.1) is 14.2 Å². The molecule has 5 nitrogen and oxygen atoms in total. The third-order valence-electron chi connectivity index (χ3n) is 5.53. The maximum atomic E-state index is 10.5. The number of phenolic OH excluding ortho intramolecular Hbond substituents is 2. The Bertz CT molecular complexity index is 846. The lowest BCUT2D eigenvalue weighted by Gasteiger charge is -2.41. The van der Waals surface area contributed by atoms with Gasteiger partial charge in [-0.1, -0.05) is 6.92 Å². The van der Waals surface area contributed by atoms with Crippen molar-refractivity contribution in [1.29, 1.82) is 0 Å². The highest BCUT2D eigenvalue weighted by Gasteiger charge is 2.37. The van der Waals surface area contributed by atoms with Crippen LogP contribution in [0.15, 0.2) is 18.2 Å². The fraction of sp³-hybridized carbons (Fsp3) is 0.400. The zero-order valence-electron chi connectivity index (χ0n) is 14.8. The van der Waals surface area contributed by atoms with E-state index in [1.54, 1.807) is 20.3 Å². The van der Waals surface area contributed by atoms with Crippen molar-refractivity contribution in [3.63, 3.8) is 0 Å². The molecule has 1 aliphatic carbocycles. The van der Waals surface area contributed by atoms with Gasteiger partial charge >= 0.3 is 0 Å². The first-order chi connectivity index (χ1) is 12.1. The molecule has 0 aromatic heterocycles. The largest absolute Gasteiger partial charge is 0.504 e. The van der Waals surface area contributed by atoms with E-state index in [2.05, 4.69) is 11.8 Å². The Balaban J connectivity index is 2.05. The molecule has 0 spiro atoms. The highest BCUT2D eigenvalue weighted by molar-refractivity contribution is 5.84. The molecular weight excluding hydrogens is 318 g/mol. The molecule has 132 valence electrons. The summed E-state index contributed by atoms with van der Waals surface area (Å²) in [5.74, 6) is 1.23. The molecule has 2 N–H and O–H groups in total. The summed E-state index contributed by atoms with van der Waals surface area (Å²) in [6, 6.07) is 5.71. The molecule has 4 rings (SSSR count). The highest BCUT2D eigenvalue weighted by atomic mass is 16.5. The average Bonchev–Trinajstić information content (AvgIpc) is 2.61. The number of hydrogen-bond acceptors (Lipinski definition) is 5. The SMILES string of the molecule is CCN1CCc2cc(O)c(OC)c3c2[C@@H]1Cc1cc(O)c(OC)cc1-3. The fourth-order valence-corrected chi connectivity index (χ4v) is 4.38. The molecule has 2 aromatic carbocycles. The minimum atomic E-state index is 0.142. The van der Waals surface area contributed by atoms with Crippen molar-refractivity contribution in [2.45, 2.75) is 25.8 Å². The third kappa shape index (κ3) is 2.26. The summed E-state index contributed by atoms with van der Waals surface area (Å²) in [6.45, 7) is 4.10. The number of benzene rings is 2. The average molecular weight is 341 g/mol. The van der Waals surface area contributed by atoms with Gasteiger partial charge in [0, 0.05) is 18.2 Å². The molecule has 0 radical (unpaired) electrons. The van der Waals surface area contributed by atoms with Crippen molar-refractivity contribution >= 4 is 0 Å². The van der Waals surface area contributed by atoms with Crippen molar-refractivity contribution in [3.05, 3.63) is 34.9 Å². The lowest BCUT2D eigenvalue weighted by molar-refractivity contribution is 0.191. The van der Waals surface area contributed by atoms with Crippen LogP contribution in [0.1, 0.15) is 29.7 Å². The summed E-state index contributed by atoms with van der Waals surface area (Å²) < 4.78 is 10.9. The molecule has 2 aliphatic rings. The summed E-state index contributed by atoms with van der Waals surface area (Å²) in [6.07, 6.45) is 1.74. The van der Waals surface area contributed by atoms with Crippen LogP contribution in [0.4, 0.5) is 0 Å². The normalized spacial score (nSPS) is 18.4. The Labute approximate surface area is 147 Å². The second-order valence-electron chi connectivity index (χ2n) is 6.66. The van der Waals surface area contributed by atoms with E-state index in [-0.39, 0.29) is 17.5 Å². The molecule has 0 bridgehead atoms. The van der Waals surface area contributed by atoms with Gasteiger partial charge in [-0.3, -0.25) is 4.90 Å².